The fourth-order valence-electron chi connectivity index (χ4n) is 2.50. The Kier molecular flexibility index (Phi) is 6.31. The Balaban J connectivity index is 1.72. The van der Waals surface area contributed by atoms with Gasteiger partial charge in [-0.15, -0.1) is 0 Å². The highest BCUT2D eigenvalue weighted by Crippen LogP contribution is 2.27. The van der Waals surface area contributed by atoms with Crippen molar-refractivity contribution in [3.63, 3.8) is 0 Å². The van der Waals surface area contributed by atoms with Crippen molar-refractivity contribution in [2.75, 3.05) is 6.61 Å². The molecule has 0 unspecified atom stereocenters. The number of esters is 1. The van der Waals surface area contributed by atoms with Crippen LogP contribution in [0.2, 0.25) is 5.02 Å². The lowest BCUT2D eigenvalue weighted by atomic mass is 10.1. The average Bonchev–Trinajstić information content (AvgIpc) is 3.17. The summed E-state index contributed by atoms with van der Waals surface area (Å²) < 4.78 is 10.7. The zero-order valence-corrected chi connectivity index (χ0v) is 16.1. The Bertz CT molecular complexity index is 1070. The Labute approximate surface area is 171 Å². The van der Waals surface area contributed by atoms with Gasteiger partial charge in [-0.1, -0.05) is 23.7 Å². The summed E-state index contributed by atoms with van der Waals surface area (Å²) in [6.45, 7) is 1.96. The standard InChI is InChI=1S/C21H17ClN2O5/c1-2-28-21(27)16-11-13(7-9-17(16)22)19-10-8-14(29-19)12-23-24-20(26)15-5-3-4-6-18(15)25/h3-12,25H,2H2,1H3,(H,24,26)/b23-12+. The van der Waals surface area contributed by atoms with Gasteiger partial charge in [-0.3, -0.25) is 4.79 Å². The summed E-state index contributed by atoms with van der Waals surface area (Å²) in [7, 11) is 0. The smallest absolute Gasteiger partial charge is 0.339 e. The first kappa shape index (κ1) is 20.2. The zero-order chi connectivity index (χ0) is 20.8. The van der Waals surface area contributed by atoms with E-state index in [4.69, 9.17) is 20.8 Å². The third-order valence-corrected chi connectivity index (χ3v) is 4.21. The predicted octanol–water partition coefficient (Wildman–Crippen LogP) is 4.25. The molecule has 1 heterocycles. The first-order valence-electron chi connectivity index (χ1n) is 8.68. The molecule has 0 aliphatic rings. The van der Waals surface area contributed by atoms with Crippen LogP contribution in [0.5, 0.6) is 5.75 Å². The van der Waals surface area contributed by atoms with E-state index in [1.165, 1.54) is 18.3 Å². The molecule has 0 aliphatic heterocycles. The number of carbonyl (C=O) groups is 2. The normalized spacial score (nSPS) is 10.8. The summed E-state index contributed by atoms with van der Waals surface area (Å²) in [6.07, 6.45) is 1.32. The van der Waals surface area contributed by atoms with Crippen LogP contribution in [0.3, 0.4) is 0 Å². The van der Waals surface area contributed by atoms with Crippen LogP contribution < -0.4 is 5.43 Å². The van der Waals surface area contributed by atoms with Crippen molar-refractivity contribution in [2.24, 2.45) is 5.10 Å². The molecule has 1 aromatic heterocycles. The maximum absolute atomic E-state index is 12.0. The minimum Gasteiger partial charge on any atom is -0.507 e. The second-order valence-electron chi connectivity index (χ2n) is 5.83. The van der Waals surface area contributed by atoms with Crippen molar-refractivity contribution in [1.82, 2.24) is 5.43 Å². The van der Waals surface area contributed by atoms with E-state index in [0.29, 0.717) is 17.1 Å². The Morgan fingerprint density at radius 3 is 2.72 bits per heavy atom. The summed E-state index contributed by atoms with van der Waals surface area (Å²) >= 11 is 6.07. The topological polar surface area (TPSA) is 101 Å². The van der Waals surface area contributed by atoms with E-state index in [1.807, 2.05) is 0 Å². The van der Waals surface area contributed by atoms with Gasteiger partial charge in [0.1, 0.15) is 17.3 Å². The highest BCUT2D eigenvalue weighted by atomic mass is 35.5. The van der Waals surface area contributed by atoms with Gasteiger partial charge in [0, 0.05) is 5.56 Å². The predicted molar refractivity (Wildman–Crippen MR) is 108 cm³/mol. The average molecular weight is 413 g/mol. The fourth-order valence-corrected chi connectivity index (χ4v) is 2.70. The van der Waals surface area contributed by atoms with E-state index >= 15 is 0 Å². The van der Waals surface area contributed by atoms with E-state index in [0.717, 1.165) is 0 Å². The van der Waals surface area contributed by atoms with Crippen molar-refractivity contribution >= 4 is 29.7 Å². The van der Waals surface area contributed by atoms with E-state index in [2.05, 4.69) is 10.5 Å². The third kappa shape index (κ3) is 4.83. The number of aromatic hydroxyl groups is 1. The monoisotopic (exact) mass is 412 g/mol. The molecule has 29 heavy (non-hydrogen) atoms. The van der Waals surface area contributed by atoms with Crippen LogP contribution in [0.1, 0.15) is 33.4 Å². The van der Waals surface area contributed by atoms with Crippen molar-refractivity contribution < 1.29 is 23.8 Å². The molecule has 0 bridgehead atoms. The molecule has 7 nitrogen and oxygen atoms in total. The largest absolute Gasteiger partial charge is 0.507 e. The second-order valence-corrected chi connectivity index (χ2v) is 6.24. The molecule has 0 spiro atoms. The molecule has 2 N–H and O–H groups in total. The van der Waals surface area contributed by atoms with E-state index < -0.39 is 11.9 Å². The molecular formula is C21H17ClN2O5. The molecule has 0 saturated heterocycles. The summed E-state index contributed by atoms with van der Waals surface area (Å²) in [5.74, 6) is -0.339. The summed E-state index contributed by atoms with van der Waals surface area (Å²) in [4.78, 5) is 24.0. The number of ether oxygens (including phenoxy) is 1. The lowest BCUT2D eigenvalue weighted by molar-refractivity contribution is 0.0526. The van der Waals surface area contributed by atoms with Crippen LogP contribution in [0.25, 0.3) is 11.3 Å². The molecule has 148 valence electrons. The number of halogens is 1. The highest BCUT2D eigenvalue weighted by Gasteiger charge is 2.14. The Hall–Kier alpha value is -3.58. The number of nitrogens with one attached hydrogen (secondary N) is 1. The molecule has 0 radical (unpaired) electrons. The molecule has 1 amide bonds. The first-order valence-corrected chi connectivity index (χ1v) is 9.05. The van der Waals surface area contributed by atoms with Gasteiger partial charge in [0.15, 0.2) is 0 Å². The molecule has 0 fully saturated rings. The quantitative estimate of drug-likeness (QED) is 0.358. The van der Waals surface area contributed by atoms with Gasteiger partial charge in [-0.05, 0) is 49.4 Å². The minimum atomic E-state index is -0.553. The van der Waals surface area contributed by atoms with E-state index in [-0.39, 0.29) is 28.5 Å². The number of hydrogen-bond acceptors (Lipinski definition) is 6. The molecule has 0 atom stereocenters. The number of benzene rings is 2. The Morgan fingerprint density at radius 2 is 1.97 bits per heavy atom. The number of phenols is 1. The molecule has 8 heteroatoms. The van der Waals surface area contributed by atoms with Gasteiger partial charge in [0.05, 0.1) is 29.0 Å². The van der Waals surface area contributed by atoms with Gasteiger partial charge in [-0.25, -0.2) is 10.2 Å². The summed E-state index contributed by atoms with van der Waals surface area (Å²) in [6, 6.07) is 14.4. The van der Waals surface area contributed by atoms with Crippen LogP contribution in [0.4, 0.5) is 0 Å². The maximum Gasteiger partial charge on any atom is 0.339 e. The minimum absolute atomic E-state index is 0.109. The lowest BCUT2D eigenvalue weighted by Crippen LogP contribution is -2.17. The number of hydrazone groups is 1. The fraction of sp³-hybridized carbons (Fsp3) is 0.0952. The summed E-state index contributed by atoms with van der Waals surface area (Å²) in [5.41, 5.74) is 3.30. The van der Waals surface area contributed by atoms with E-state index in [1.54, 1.807) is 49.4 Å². The maximum atomic E-state index is 12.0. The third-order valence-electron chi connectivity index (χ3n) is 3.88. The van der Waals surface area contributed by atoms with Crippen LogP contribution in [-0.2, 0) is 4.74 Å². The molecule has 3 rings (SSSR count). The van der Waals surface area contributed by atoms with Gasteiger partial charge in [-0.2, -0.15) is 5.10 Å². The number of phenolic OH excluding ortho intramolecular Hbond substituents is 1. The van der Waals surface area contributed by atoms with Crippen LogP contribution in [0, 0.1) is 0 Å². The highest BCUT2D eigenvalue weighted by molar-refractivity contribution is 6.33. The van der Waals surface area contributed by atoms with Gasteiger partial charge < -0.3 is 14.3 Å². The van der Waals surface area contributed by atoms with Crippen LogP contribution >= 0.6 is 11.6 Å². The molecule has 0 saturated carbocycles. The second kappa shape index (κ2) is 9.07. The van der Waals surface area contributed by atoms with Crippen LogP contribution in [0.15, 0.2) is 64.1 Å². The Morgan fingerprint density at radius 1 is 1.17 bits per heavy atom. The number of hydrogen-bond donors (Lipinski definition) is 2. The van der Waals surface area contributed by atoms with Crippen molar-refractivity contribution in [3.8, 4) is 17.1 Å². The van der Waals surface area contributed by atoms with Crippen LogP contribution in [-0.4, -0.2) is 29.8 Å². The number of para-hydroxylation sites is 1. The van der Waals surface area contributed by atoms with Gasteiger partial charge in [0.2, 0.25) is 0 Å². The molecular weight excluding hydrogens is 396 g/mol. The summed E-state index contributed by atoms with van der Waals surface area (Å²) in [5, 5.41) is 13.8. The number of carbonyl (C=O) groups excluding carboxylic acids is 2. The van der Waals surface area contributed by atoms with E-state index in [9.17, 15) is 14.7 Å². The number of rotatable bonds is 6. The molecule has 2 aromatic carbocycles. The molecule has 3 aromatic rings. The number of amides is 1. The van der Waals surface area contributed by atoms with Crippen molar-refractivity contribution in [2.45, 2.75) is 6.92 Å². The lowest BCUT2D eigenvalue weighted by Gasteiger charge is -2.05. The van der Waals surface area contributed by atoms with Gasteiger partial charge in [0.25, 0.3) is 5.91 Å². The van der Waals surface area contributed by atoms with Crippen molar-refractivity contribution in [1.29, 1.82) is 0 Å². The number of furan rings is 1. The zero-order valence-electron chi connectivity index (χ0n) is 15.4. The SMILES string of the molecule is CCOC(=O)c1cc(-c2ccc(/C=N/NC(=O)c3ccccc3O)o2)ccc1Cl. The number of nitrogens with zero attached hydrogens (tertiary/aromatic N) is 1. The van der Waals surface area contributed by atoms with Crippen molar-refractivity contribution in [3.05, 3.63) is 76.5 Å². The molecule has 0 aliphatic carbocycles. The first-order chi connectivity index (χ1) is 14.0. The van der Waals surface area contributed by atoms with Gasteiger partial charge >= 0.3 is 5.97 Å².